The van der Waals surface area contributed by atoms with Gasteiger partial charge in [0, 0.05) is 18.6 Å². The lowest BCUT2D eigenvalue weighted by molar-refractivity contribution is 1.14. The zero-order chi connectivity index (χ0) is 12.2. The van der Waals surface area contributed by atoms with E-state index < -0.39 is 0 Å². The van der Waals surface area contributed by atoms with Crippen LogP contribution in [0, 0.1) is 0 Å². The lowest BCUT2D eigenvalue weighted by Gasteiger charge is -2.02. The van der Waals surface area contributed by atoms with Crippen LogP contribution in [-0.4, -0.2) is 24.9 Å². The van der Waals surface area contributed by atoms with Gasteiger partial charge in [-0.1, -0.05) is 6.07 Å². The quantitative estimate of drug-likeness (QED) is 0.679. The minimum absolute atomic E-state index is 0.744. The van der Waals surface area contributed by atoms with Crippen LogP contribution in [0.5, 0.6) is 0 Å². The van der Waals surface area contributed by atoms with Crippen molar-refractivity contribution < 1.29 is 0 Å². The number of nitrogens with zero attached hydrogens (tertiary/aromatic N) is 5. The molecule has 0 fully saturated rings. The summed E-state index contributed by atoms with van der Waals surface area (Å²) in [6, 6.07) is 7.55. The van der Waals surface area contributed by atoms with Crippen molar-refractivity contribution in [1.29, 1.82) is 0 Å². The van der Waals surface area contributed by atoms with Crippen molar-refractivity contribution in [3.63, 3.8) is 0 Å². The van der Waals surface area contributed by atoms with Gasteiger partial charge in [-0.25, -0.2) is 15.0 Å². The number of rotatable bonds is 2. The summed E-state index contributed by atoms with van der Waals surface area (Å²) >= 11 is 0. The van der Waals surface area contributed by atoms with Crippen LogP contribution in [-0.2, 0) is 0 Å². The van der Waals surface area contributed by atoms with Gasteiger partial charge < -0.3 is 0 Å². The first-order valence-electron chi connectivity index (χ1n) is 5.43. The monoisotopic (exact) mass is 235 g/mol. The van der Waals surface area contributed by atoms with Crippen LogP contribution < -0.4 is 0 Å². The molecule has 0 aliphatic heterocycles. The zero-order valence-corrected chi connectivity index (χ0v) is 9.43. The van der Waals surface area contributed by atoms with E-state index in [1.54, 1.807) is 24.8 Å². The molecule has 5 nitrogen and oxygen atoms in total. The van der Waals surface area contributed by atoms with E-state index in [2.05, 4.69) is 24.9 Å². The van der Waals surface area contributed by atoms with Crippen molar-refractivity contribution >= 4 is 0 Å². The number of pyridine rings is 1. The molecule has 0 saturated carbocycles. The standard InChI is InChI=1S/C13H9N5/c1-2-11(10-4-5-15-9-17-10)18-12(3-1)13-8-14-6-7-16-13/h1-9H. The highest BCUT2D eigenvalue weighted by molar-refractivity contribution is 5.60. The third-order valence-electron chi connectivity index (χ3n) is 2.42. The molecule has 0 spiro atoms. The van der Waals surface area contributed by atoms with Crippen LogP contribution >= 0.6 is 0 Å². The van der Waals surface area contributed by atoms with Crippen molar-refractivity contribution in [1.82, 2.24) is 24.9 Å². The summed E-state index contributed by atoms with van der Waals surface area (Å²) < 4.78 is 0. The van der Waals surface area contributed by atoms with Gasteiger partial charge in [-0.2, -0.15) is 0 Å². The second-order valence-corrected chi connectivity index (χ2v) is 3.59. The molecule has 0 aliphatic carbocycles. The van der Waals surface area contributed by atoms with E-state index in [1.807, 2.05) is 24.3 Å². The van der Waals surface area contributed by atoms with Gasteiger partial charge in [-0.15, -0.1) is 0 Å². The topological polar surface area (TPSA) is 64.5 Å². The molecule has 0 N–H and O–H groups in total. The maximum absolute atomic E-state index is 4.52. The number of hydrogen-bond acceptors (Lipinski definition) is 5. The van der Waals surface area contributed by atoms with Crippen molar-refractivity contribution in [2.45, 2.75) is 0 Å². The fraction of sp³-hybridized carbons (Fsp3) is 0. The molecule has 86 valence electrons. The fourth-order valence-electron chi connectivity index (χ4n) is 1.59. The summed E-state index contributed by atoms with van der Waals surface area (Å²) in [7, 11) is 0. The van der Waals surface area contributed by atoms with Crippen LogP contribution in [0.4, 0.5) is 0 Å². The Morgan fingerprint density at radius 2 is 1.56 bits per heavy atom. The second-order valence-electron chi connectivity index (χ2n) is 3.59. The summed E-state index contributed by atoms with van der Waals surface area (Å²) in [5.41, 5.74) is 3.10. The van der Waals surface area contributed by atoms with Crippen LogP contribution in [0.3, 0.4) is 0 Å². The van der Waals surface area contributed by atoms with Crippen LogP contribution in [0.15, 0.2) is 55.4 Å². The third-order valence-corrected chi connectivity index (χ3v) is 2.42. The zero-order valence-electron chi connectivity index (χ0n) is 9.43. The van der Waals surface area contributed by atoms with E-state index in [4.69, 9.17) is 0 Å². The van der Waals surface area contributed by atoms with Gasteiger partial charge in [0.25, 0.3) is 0 Å². The van der Waals surface area contributed by atoms with Gasteiger partial charge in [-0.3, -0.25) is 9.97 Å². The molecular formula is C13H9N5. The van der Waals surface area contributed by atoms with E-state index >= 15 is 0 Å². The van der Waals surface area contributed by atoms with Gasteiger partial charge in [0.2, 0.25) is 0 Å². The summed E-state index contributed by atoms with van der Waals surface area (Å²) in [4.78, 5) is 20.8. The molecule has 0 aromatic carbocycles. The highest BCUT2D eigenvalue weighted by Gasteiger charge is 2.04. The molecule has 18 heavy (non-hydrogen) atoms. The van der Waals surface area contributed by atoms with Crippen LogP contribution in [0.2, 0.25) is 0 Å². The maximum Gasteiger partial charge on any atom is 0.116 e. The molecule has 3 aromatic rings. The van der Waals surface area contributed by atoms with E-state index in [-0.39, 0.29) is 0 Å². The molecule has 0 saturated heterocycles. The maximum atomic E-state index is 4.52. The van der Waals surface area contributed by atoms with Gasteiger partial charge in [0.05, 0.1) is 23.3 Å². The van der Waals surface area contributed by atoms with Crippen molar-refractivity contribution in [3.8, 4) is 22.8 Å². The first kappa shape index (κ1) is 10.5. The largest absolute Gasteiger partial charge is 0.261 e. The number of aromatic nitrogens is 5. The first-order chi connectivity index (χ1) is 8.93. The Hall–Kier alpha value is -2.69. The minimum atomic E-state index is 0.744. The van der Waals surface area contributed by atoms with E-state index in [1.165, 1.54) is 6.33 Å². The number of hydrogen-bond donors (Lipinski definition) is 0. The molecule has 0 bridgehead atoms. The highest BCUT2D eigenvalue weighted by Crippen LogP contribution is 2.18. The van der Waals surface area contributed by atoms with Crippen molar-refractivity contribution in [2.24, 2.45) is 0 Å². The Balaban J connectivity index is 2.05. The molecule has 3 aromatic heterocycles. The summed E-state index contributed by atoms with van der Waals surface area (Å²) in [5.74, 6) is 0. The Labute approximate surface area is 104 Å². The average Bonchev–Trinajstić information content (AvgIpc) is 2.49. The molecule has 0 amide bonds. The van der Waals surface area contributed by atoms with E-state index in [0.717, 1.165) is 22.8 Å². The Kier molecular flexibility index (Phi) is 2.71. The van der Waals surface area contributed by atoms with Crippen molar-refractivity contribution in [3.05, 3.63) is 55.4 Å². The van der Waals surface area contributed by atoms with Crippen molar-refractivity contribution in [2.75, 3.05) is 0 Å². The van der Waals surface area contributed by atoms with E-state index in [0.29, 0.717) is 0 Å². The van der Waals surface area contributed by atoms with Crippen LogP contribution in [0.25, 0.3) is 22.8 Å². The minimum Gasteiger partial charge on any atom is -0.261 e. The molecule has 0 atom stereocenters. The molecule has 0 unspecified atom stereocenters. The Morgan fingerprint density at radius 3 is 2.28 bits per heavy atom. The molecule has 3 rings (SSSR count). The smallest absolute Gasteiger partial charge is 0.116 e. The molecular weight excluding hydrogens is 226 g/mol. The lowest BCUT2D eigenvalue weighted by Crippen LogP contribution is -1.92. The van der Waals surface area contributed by atoms with Gasteiger partial charge in [0.1, 0.15) is 12.0 Å². The average molecular weight is 235 g/mol. The second kappa shape index (κ2) is 4.67. The summed E-state index contributed by atoms with van der Waals surface area (Å²) in [6.07, 6.45) is 8.17. The predicted octanol–water partition coefficient (Wildman–Crippen LogP) is 2.00. The Bertz CT molecular complexity index is 585. The highest BCUT2D eigenvalue weighted by atomic mass is 14.9. The molecule has 0 radical (unpaired) electrons. The third kappa shape index (κ3) is 2.06. The lowest BCUT2D eigenvalue weighted by atomic mass is 10.2. The fourth-order valence-corrected chi connectivity index (χ4v) is 1.59. The predicted molar refractivity (Wildman–Crippen MR) is 66.3 cm³/mol. The van der Waals surface area contributed by atoms with Crippen LogP contribution in [0.1, 0.15) is 0 Å². The summed E-state index contributed by atoms with van der Waals surface area (Å²) in [6.45, 7) is 0. The molecule has 0 aliphatic rings. The molecule has 5 heteroatoms. The SMILES string of the molecule is c1cc(-c2ccncn2)nc(-c2cnccn2)c1. The normalized spacial score (nSPS) is 10.2. The molecule has 3 heterocycles. The Morgan fingerprint density at radius 1 is 0.667 bits per heavy atom. The van der Waals surface area contributed by atoms with Gasteiger partial charge in [-0.05, 0) is 18.2 Å². The van der Waals surface area contributed by atoms with Gasteiger partial charge >= 0.3 is 0 Å². The van der Waals surface area contributed by atoms with E-state index in [9.17, 15) is 0 Å². The van der Waals surface area contributed by atoms with Gasteiger partial charge in [0.15, 0.2) is 0 Å². The first-order valence-corrected chi connectivity index (χ1v) is 5.43. The summed E-state index contributed by atoms with van der Waals surface area (Å²) in [5, 5.41) is 0.